The fourth-order valence-corrected chi connectivity index (χ4v) is 4.03. The maximum Gasteiger partial charge on any atom is 0.270 e. The van der Waals surface area contributed by atoms with Crippen LogP contribution in [-0.2, 0) is 6.42 Å². The summed E-state index contributed by atoms with van der Waals surface area (Å²) in [5, 5.41) is 7.92. The van der Waals surface area contributed by atoms with Crippen LogP contribution in [-0.4, -0.2) is 22.8 Å². The zero-order valence-electron chi connectivity index (χ0n) is 19.3. The quantitative estimate of drug-likeness (QED) is 0.313. The number of ether oxygens (including phenoxy) is 1. The Morgan fingerprint density at radius 1 is 0.943 bits per heavy atom. The largest absolute Gasteiger partial charge is 0.497 e. The molecule has 35 heavy (non-hydrogen) atoms. The standard InChI is InChI=1S/C29H25N3O3/c1-34-24-16-14-23(15-17-24)32-27(20-26(31-32)28-13-8-18-35-28)29(33)30-25(22-11-6-3-7-12-22)19-21-9-4-2-5-10-21/h2-18,20,25H,19H2,1H3,(H,30,33). The highest BCUT2D eigenvalue weighted by Crippen LogP contribution is 2.25. The Bertz CT molecular complexity index is 1380. The lowest BCUT2D eigenvalue weighted by atomic mass is 9.98. The van der Waals surface area contributed by atoms with Crippen LogP contribution >= 0.6 is 0 Å². The van der Waals surface area contributed by atoms with Crippen LogP contribution in [0, 0.1) is 0 Å². The average molecular weight is 464 g/mol. The van der Waals surface area contributed by atoms with Crippen LogP contribution in [0.4, 0.5) is 0 Å². The molecule has 0 radical (unpaired) electrons. The molecule has 0 aliphatic rings. The number of amides is 1. The van der Waals surface area contributed by atoms with Gasteiger partial charge in [-0.2, -0.15) is 5.10 Å². The highest BCUT2D eigenvalue weighted by Gasteiger charge is 2.22. The molecule has 6 nitrogen and oxygen atoms in total. The minimum Gasteiger partial charge on any atom is -0.497 e. The molecule has 0 fully saturated rings. The van der Waals surface area contributed by atoms with Crippen LogP contribution in [0.2, 0.25) is 0 Å². The van der Waals surface area contributed by atoms with Gasteiger partial charge in [0.2, 0.25) is 0 Å². The first kappa shape index (κ1) is 22.2. The molecular formula is C29H25N3O3. The van der Waals surface area contributed by atoms with Crippen molar-refractivity contribution in [3.63, 3.8) is 0 Å². The monoisotopic (exact) mass is 463 g/mol. The number of hydrogen-bond donors (Lipinski definition) is 1. The van der Waals surface area contributed by atoms with Gasteiger partial charge in [0.1, 0.15) is 17.1 Å². The molecule has 3 aromatic carbocycles. The van der Waals surface area contributed by atoms with Crippen molar-refractivity contribution in [3.05, 3.63) is 126 Å². The zero-order chi connectivity index (χ0) is 24.0. The molecule has 1 N–H and O–H groups in total. The highest BCUT2D eigenvalue weighted by atomic mass is 16.5. The van der Waals surface area contributed by atoms with E-state index in [0.29, 0.717) is 23.6 Å². The first-order valence-corrected chi connectivity index (χ1v) is 11.4. The summed E-state index contributed by atoms with van der Waals surface area (Å²) in [6.45, 7) is 0. The van der Waals surface area contributed by atoms with Gasteiger partial charge in [-0.25, -0.2) is 4.68 Å². The van der Waals surface area contributed by atoms with Crippen molar-refractivity contribution in [2.24, 2.45) is 0 Å². The van der Waals surface area contributed by atoms with Gasteiger partial charge < -0.3 is 14.5 Å². The van der Waals surface area contributed by atoms with E-state index in [9.17, 15) is 4.79 Å². The van der Waals surface area contributed by atoms with Crippen molar-refractivity contribution in [2.45, 2.75) is 12.5 Å². The summed E-state index contributed by atoms with van der Waals surface area (Å²) < 4.78 is 12.5. The normalized spacial score (nSPS) is 11.7. The third kappa shape index (κ3) is 5.01. The summed E-state index contributed by atoms with van der Waals surface area (Å²) in [5.74, 6) is 1.09. The number of hydrogen-bond acceptors (Lipinski definition) is 4. The minimum atomic E-state index is -0.226. The van der Waals surface area contributed by atoms with E-state index in [-0.39, 0.29) is 11.9 Å². The predicted molar refractivity (Wildman–Crippen MR) is 135 cm³/mol. The second-order valence-electron chi connectivity index (χ2n) is 8.13. The number of aromatic nitrogens is 2. The van der Waals surface area contributed by atoms with Gasteiger partial charge in [-0.15, -0.1) is 0 Å². The minimum absolute atomic E-state index is 0.211. The molecule has 0 spiro atoms. The molecule has 0 bridgehead atoms. The topological polar surface area (TPSA) is 69.3 Å². The molecule has 2 heterocycles. The van der Waals surface area contributed by atoms with Gasteiger partial charge in [0.25, 0.3) is 5.91 Å². The van der Waals surface area contributed by atoms with E-state index in [2.05, 4.69) is 22.5 Å². The second kappa shape index (κ2) is 10.1. The van der Waals surface area contributed by atoms with E-state index >= 15 is 0 Å². The number of carbonyl (C=O) groups is 1. The summed E-state index contributed by atoms with van der Waals surface area (Å²) in [6, 6.07) is 32.7. The molecule has 174 valence electrons. The Kier molecular flexibility index (Phi) is 6.44. The van der Waals surface area contributed by atoms with Crippen molar-refractivity contribution in [1.82, 2.24) is 15.1 Å². The Hall–Kier alpha value is -4.58. The Labute approximate surface area is 203 Å². The molecule has 1 unspecified atom stereocenters. The van der Waals surface area contributed by atoms with E-state index < -0.39 is 0 Å². The van der Waals surface area contributed by atoms with Gasteiger partial charge in [-0.05, 0) is 53.9 Å². The average Bonchev–Trinajstić information content (AvgIpc) is 3.60. The van der Waals surface area contributed by atoms with Gasteiger partial charge in [0.15, 0.2) is 5.76 Å². The summed E-state index contributed by atoms with van der Waals surface area (Å²) in [7, 11) is 1.62. The first-order chi connectivity index (χ1) is 17.2. The van der Waals surface area contributed by atoms with E-state index in [0.717, 1.165) is 22.6 Å². The Morgan fingerprint density at radius 3 is 2.31 bits per heavy atom. The van der Waals surface area contributed by atoms with E-state index in [1.165, 1.54) is 0 Å². The number of carbonyl (C=O) groups excluding carboxylic acids is 1. The summed E-state index contributed by atoms with van der Waals surface area (Å²) in [6.07, 6.45) is 2.26. The third-order valence-corrected chi connectivity index (χ3v) is 5.82. The van der Waals surface area contributed by atoms with Crippen molar-refractivity contribution in [3.8, 4) is 22.9 Å². The maximum absolute atomic E-state index is 13.7. The molecule has 1 atom stereocenters. The van der Waals surface area contributed by atoms with Gasteiger partial charge in [0.05, 0.1) is 25.1 Å². The van der Waals surface area contributed by atoms with E-state index in [1.807, 2.05) is 78.9 Å². The van der Waals surface area contributed by atoms with E-state index in [1.54, 1.807) is 30.2 Å². The molecule has 0 saturated carbocycles. The van der Waals surface area contributed by atoms with Crippen molar-refractivity contribution >= 4 is 5.91 Å². The number of nitrogens with zero attached hydrogens (tertiary/aromatic N) is 2. The number of methoxy groups -OCH3 is 1. The summed E-state index contributed by atoms with van der Waals surface area (Å²) in [4.78, 5) is 13.7. The molecule has 2 aromatic heterocycles. The van der Waals surface area contributed by atoms with Crippen LogP contribution in [0.3, 0.4) is 0 Å². The molecule has 5 aromatic rings. The summed E-state index contributed by atoms with van der Waals surface area (Å²) in [5.41, 5.74) is 3.91. The molecule has 1 amide bonds. The van der Waals surface area contributed by atoms with Crippen LogP contribution in [0.25, 0.3) is 17.1 Å². The Balaban J connectivity index is 1.51. The smallest absolute Gasteiger partial charge is 0.270 e. The van der Waals surface area contributed by atoms with E-state index in [4.69, 9.17) is 9.15 Å². The summed E-state index contributed by atoms with van der Waals surface area (Å²) >= 11 is 0. The fraction of sp³-hybridized carbons (Fsp3) is 0.103. The number of furan rings is 1. The fourth-order valence-electron chi connectivity index (χ4n) is 4.03. The van der Waals surface area contributed by atoms with Crippen LogP contribution < -0.4 is 10.1 Å². The molecule has 0 saturated heterocycles. The van der Waals surface area contributed by atoms with Crippen LogP contribution in [0.1, 0.15) is 27.7 Å². The number of nitrogens with one attached hydrogen (secondary N) is 1. The van der Waals surface area contributed by atoms with Gasteiger partial charge in [-0.3, -0.25) is 4.79 Å². The first-order valence-electron chi connectivity index (χ1n) is 11.4. The number of benzene rings is 3. The second-order valence-corrected chi connectivity index (χ2v) is 8.13. The Morgan fingerprint density at radius 2 is 1.66 bits per heavy atom. The van der Waals surface area contributed by atoms with Crippen molar-refractivity contribution in [2.75, 3.05) is 7.11 Å². The van der Waals surface area contributed by atoms with Gasteiger partial charge in [-0.1, -0.05) is 60.7 Å². The van der Waals surface area contributed by atoms with Crippen LogP contribution in [0.5, 0.6) is 5.75 Å². The SMILES string of the molecule is COc1ccc(-n2nc(-c3ccco3)cc2C(=O)NC(Cc2ccccc2)c2ccccc2)cc1. The number of rotatable bonds is 8. The predicted octanol–water partition coefficient (Wildman–Crippen LogP) is 5.85. The van der Waals surface area contributed by atoms with Crippen LogP contribution in [0.15, 0.2) is 114 Å². The third-order valence-electron chi connectivity index (χ3n) is 5.82. The molecule has 0 aliphatic carbocycles. The molecule has 6 heteroatoms. The maximum atomic E-state index is 13.7. The van der Waals surface area contributed by atoms with Crippen molar-refractivity contribution < 1.29 is 13.9 Å². The highest BCUT2D eigenvalue weighted by molar-refractivity contribution is 5.94. The molecule has 0 aliphatic heterocycles. The lowest BCUT2D eigenvalue weighted by molar-refractivity contribution is 0.0928. The lowest BCUT2D eigenvalue weighted by Gasteiger charge is -2.20. The van der Waals surface area contributed by atoms with Gasteiger partial charge >= 0.3 is 0 Å². The van der Waals surface area contributed by atoms with Crippen molar-refractivity contribution in [1.29, 1.82) is 0 Å². The molecular weight excluding hydrogens is 438 g/mol. The molecule has 5 rings (SSSR count). The zero-order valence-corrected chi connectivity index (χ0v) is 19.3. The van der Waals surface area contributed by atoms with Gasteiger partial charge in [0, 0.05) is 6.07 Å². The lowest BCUT2D eigenvalue weighted by Crippen LogP contribution is -2.31.